The largest absolute Gasteiger partial charge is 0.387 e. The number of aliphatic hydroxyl groups excluding tert-OH is 1. The van der Waals surface area contributed by atoms with Crippen LogP contribution in [0, 0.1) is 23.0 Å². The monoisotopic (exact) mass is 308 g/mol. The second-order valence-corrected chi connectivity index (χ2v) is 4.81. The van der Waals surface area contributed by atoms with Crippen LogP contribution < -0.4 is 5.32 Å². The molecule has 0 aliphatic rings. The van der Waals surface area contributed by atoms with Gasteiger partial charge >= 0.3 is 0 Å². The second-order valence-electron chi connectivity index (χ2n) is 4.37. The van der Waals surface area contributed by atoms with Gasteiger partial charge in [0.1, 0.15) is 5.69 Å². The first-order valence-corrected chi connectivity index (χ1v) is 6.45. The van der Waals surface area contributed by atoms with Crippen molar-refractivity contribution >= 4 is 17.3 Å². The van der Waals surface area contributed by atoms with Crippen molar-refractivity contribution in [3.63, 3.8) is 0 Å². The Hall–Kier alpha value is -2.16. The van der Waals surface area contributed by atoms with Crippen LogP contribution in [-0.2, 0) is 0 Å². The zero-order chi connectivity index (χ0) is 15.4. The highest BCUT2D eigenvalue weighted by Crippen LogP contribution is 2.22. The molecule has 108 valence electrons. The van der Waals surface area contributed by atoms with Crippen molar-refractivity contribution in [2.24, 2.45) is 0 Å². The first-order valence-electron chi connectivity index (χ1n) is 6.08. The summed E-state index contributed by atoms with van der Waals surface area (Å²) in [5.41, 5.74) is 0.0946. The first-order chi connectivity index (χ1) is 10.0. The molecular weight excluding hydrogens is 298 g/mol. The average Bonchev–Trinajstić information content (AvgIpc) is 2.46. The van der Waals surface area contributed by atoms with Crippen molar-refractivity contribution in [3.8, 4) is 6.07 Å². The zero-order valence-electron chi connectivity index (χ0n) is 10.8. The highest BCUT2D eigenvalue weighted by molar-refractivity contribution is 6.30. The molecule has 2 aromatic rings. The van der Waals surface area contributed by atoms with E-state index in [2.05, 4.69) is 5.32 Å². The molecule has 0 radical (unpaired) electrons. The minimum Gasteiger partial charge on any atom is -0.387 e. The van der Waals surface area contributed by atoms with Crippen LogP contribution >= 0.6 is 11.6 Å². The Bertz CT molecular complexity index is 660. The fourth-order valence-corrected chi connectivity index (χ4v) is 1.93. The number of hydrogen-bond acceptors (Lipinski definition) is 3. The molecule has 0 aliphatic heterocycles. The third-order valence-corrected chi connectivity index (χ3v) is 3.15. The Kier molecular flexibility index (Phi) is 4.73. The quantitative estimate of drug-likeness (QED) is 0.906. The summed E-state index contributed by atoms with van der Waals surface area (Å²) >= 11 is 5.74. The Balaban J connectivity index is 2.10. The second kappa shape index (κ2) is 6.53. The van der Waals surface area contributed by atoms with Gasteiger partial charge < -0.3 is 10.4 Å². The summed E-state index contributed by atoms with van der Waals surface area (Å²) in [5, 5.41) is 21.6. The third-order valence-electron chi connectivity index (χ3n) is 2.90. The van der Waals surface area contributed by atoms with Gasteiger partial charge in [0.2, 0.25) is 0 Å². The molecule has 0 amide bonds. The lowest BCUT2D eigenvalue weighted by molar-refractivity contribution is 0.191. The summed E-state index contributed by atoms with van der Waals surface area (Å²) in [7, 11) is 0. The van der Waals surface area contributed by atoms with Gasteiger partial charge in [-0.15, -0.1) is 0 Å². The molecule has 0 heterocycles. The summed E-state index contributed by atoms with van der Waals surface area (Å²) in [6.45, 7) is -0.0820. The van der Waals surface area contributed by atoms with E-state index >= 15 is 0 Å². The van der Waals surface area contributed by atoms with Crippen LogP contribution in [0.4, 0.5) is 14.5 Å². The van der Waals surface area contributed by atoms with Crippen LogP contribution in [0.2, 0.25) is 5.02 Å². The van der Waals surface area contributed by atoms with Gasteiger partial charge in [-0.25, -0.2) is 8.78 Å². The zero-order valence-corrected chi connectivity index (χ0v) is 11.5. The molecule has 0 bridgehead atoms. The lowest BCUT2D eigenvalue weighted by Gasteiger charge is -2.14. The summed E-state index contributed by atoms with van der Waals surface area (Å²) in [6, 6.07) is 10.0. The summed E-state index contributed by atoms with van der Waals surface area (Å²) < 4.78 is 27.3. The number of nitrogens with zero attached hydrogens (tertiary/aromatic N) is 1. The topological polar surface area (TPSA) is 56.0 Å². The minimum atomic E-state index is -0.947. The number of nitriles is 1. The van der Waals surface area contributed by atoms with Crippen LogP contribution in [0.3, 0.4) is 0 Å². The van der Waals surface area contributed by atoms with Gasteiger partial charge in [-0.2, -0.15) is 5.26 Å². The molecule has 1 unspecified atom stereocenters. The molecule has 2 aromatic carbocycles. The van der Waals surface area contributed by atoms with Crippen molar-refractivity contribution in [2.75, 3.05) is 11.9 Å². The minimum absolute atomic E-state index is 0.0820. The fraction of sp³-hybridized carbons (Fsp3) is 0.133. The van der Waals surface area contributed by atoms with E-state index in [9.17, 15) is 13.9 Å². The van der Waals surface area contributed by atoms with Crippen LogP contribution in [-0.4, -0.2) is 11.7 Å². The standard InChI is InChI=1S/C15H11ClF2N2O/c16-11-3-1-10(2-4-11)14(21)8-20-15-12(17)5-9(7-19)6-13(15)18/h1-6,14,20-21H,8H2. The van der Waals surface area contributed by atoms with Gasteiger partial charge in [0.15, 0.2) is 11.6 Å². The SMILES string of the molecule is N#Cc1cc(F)c(NCC(O)c2ccc(Cl)cc2)c(F)c1. The number of benzene rings is 2. The molecule has 0 spiro atoms. The van der Waals surface area contributed by atoms with Crippen molar-refractivity contribution in [1.29, 1.82) is 5.26 Å². The molecule has 0 aliphatic carbocycles. The molecule has 0 saturated heterocycles. The predicted molar refractivity (Wildman–Crippen MR) is 76.0 cm³/mol. The van der Waals surface area contributed by atoms with Crippen molar-refractivity contribution in [3.05, 3.63) is 64.2 Å². The molecule has 6 heteroatoms. The van der Waals surface area contributed by atoms with Crippen molar-refractivity contribution in [2.45, 2.75) is 6.10 Å². The number of hydrogen-bond donors (Lipinski definition) is 2. The highest BCUT2D eigenvalue weighted by atomic mass is 35.5. The fourth-order valence-electron chi connectivity index (χ4n) is 1.81. The smallest absolute Gasteiger partial charge is 0.150 e. The molecule has 1 atom stereocenters. The van der Waals surface area contributed by atoms with E-state index in [0.29, 0.717) is 10.6 Å². The van der Waals surface area contributed by atoms with E-state index in [1.165, 1.54) is 0 Å². The van der Waals surface area contributed by atoms with Gasteiger partial charge in [-0.05, 0) is 29.8 Å². The van der Waals surface area contributed by atoms with Crippen LogP contribution in [0.25, 0.3) is 0 Å². The van der Waals surface area contributed by atoms with Crippen molar-refractivity contribution in [1.82, 2.24) is 0 Å². The summed E-state index contributed by atoms with van der Waals surface area (Å²) in [5.74, 6) is -1.76. The van der Waals surface area contributed by atoms with Crippen LogP contribution in [0.15, 0.2) is 36.4 Å². The molecule has 0 saturated carbocycles. The number of nitrogens with one attached hydrogen (secondary N) is 1. The Morgan fingerprint density at radius 3 is 2.29 bits per heavy atom. The van der Waals surface area contributed by atoms with Crippen LogP contribution in [0.1, 0.15) is 17.2 Å². The van der Waals surface area contributed by atoms with E-state index in [1.807, 2.05) is 0 Å². The Labute approximate surface area is 125 Å². The van der Waals surface area contributed by atoms with E-state index in [-0.39, 0.29) is 17.8 Å². The lowest BCUT2D eigenvalue weighted by Crippen LogP contribution is -2.14. The molecular formula is C15H11ClF2N2O. The first kappa shape index (κ1) is 15.2. The maximum absolute atomic E-state index is 13.7. The number of halogens is 3. The van der Waals surface area contributed by atoms with Crippen LogP contribution in [0.5, 0.6) is 0 Å². The van der Waals surface area contributed by atoms with Gasteiger partial charge in [0, 0.05) is 11.6 Å². The Morgan fingerprint density at radius 2 is 1.76 bits per heavy atom. The van der Waals surface area contributed by atoms with E-state index in [1.54, 1.807) is 30.3 Å². The summed E-state index contributed by atoms with van der Waals surface area (Å²) in [4.78, 5) is 0. The van der Waals surface area contributed by atoms with E-state index in [4.69, 9.17) is 16.9 Å². The number of anilines is 1. The van der Waals surface area contributed by atoms with Gasteiger partial charge in [-0.1, -0.05) is 23.7 Å². The molecule has 2 rings (SSSR count). The molecule has 2 N–H and O–H groups in total. The predicted octanol–water partition coefficient (Wildman–Crippen LogP) is 3.64. The molecule has 0 fully saturated rings. The third kappa shape index (κ3) is 3.69. The van der Waals surface area contributed by atoms with Gasteiger partial charge in [-0.3, -0.25) is 0 Å². The van der Waals surface area contributed by atoms with Gasteiger partial charge in [0.05, 0.1) is 17.7 Å². The normalized spacial score (nSPS) is 11.8. The maximum atomic E-state index is 13.7. The Morgan fingerprint density at radius 1 is 1.19 bits per heavy atom. The van der Waals surface area contributed by atoms with Gasteiger partial charge in [0.25, 0.3) is 0 Å². The number of rotatable bonds is 4. The molecule has 0 aromatic heterocycles. The van der Waals surface area contributed by atoms with E-state index < -0.39 is 17.7 Å². The maximum Gasteiger partial charge on any atom is 0.150 e. The number of aliphatic hydroxyl groups is 1. The summed E-state index contributed by atoms with van der Waals surface area (Å²) in [6.07, 6.45) is -0.947. The van der Waals surface area contributed by atoms with Crippen molar-refractivity contribution < 1.29 is 13.9 Å². The molecule has 21 heavy (non-hydrogen) atoms. The van der Waals surface area contributed by atoms with E-state index in [0.717, 1.165) is 12.1 Å². The average molecular weight is 309 g/mol. The molecule has 3 nitrogen and oxygen atoms in total. The lowest BCUT2D eigenvalue weighted by atomic mass is 10.1. The highest BCUT2D eigenvalue weighted by Gasteiger charge is 2.13.